The van der Waals surface area contributed by atoms with Gasteiger partial charge in [0.25, 0.3) is 0 Å². The molecule has 2 N–H and O–H groups in total. The lowest BCUT2D eigenvalue weighted by Crippen LogP contribution is -2.40. The summed E-state index contributed by atoms with van der Waals surface area (Å²) in [7, 11) is 0. The molecule has 1 heterocycles. The minimum Gasteiger partial charge on any atom is -0.392 e. The lowest BCUT2D eigenvalue weighted by atomic mass is 10.0. The summed E-state index contributed by atoms with van der Waals surface area (Å²) in [4.78, 5) is 4.40. The molecule has 1 aromatic heterocycles. The van der Waals surface area contributed by atoms with Crippen molar-refractivity contribution in [3.05, 3.63) is 30.1 Å². The maximum absolute atomic E-state index is 10.1. The molecule has 0 aliphatic heterocycles. The largest absolute Gasteiger partial charge is 0.392 e. The van der Waals surface area contributed by atoms with Gasteiger partial charge in [0, 0.05) is 30.9 Å². The first-order valence-corrected chi connectivity index (χ1v) is 7.52. The van der Waals surface area contributed by atoms with Gasteiger partial charge >= 0.3 is 0 Å². The van der Waals surface area contributed by atoms with Crippen LogP contribution in [0.25, 0.3) is 0 Å². The minimum absolute atomic E-state index is 0.241. The molecule has 3 nitrogen and oxygen atoms in total. The highest BCUT2D eigenvalue weighted by atomic mass is 16.3. The molecule has 0 bridgehead atoms. The molecule has 2 rings (SSSR count). The number of nitrogens with zero attached hydrogens (tertiary/aromatic N) is 1. The highest BCUT2D eigenvalue weighted by Crippen LogP contribution is 2.34. The molecule has 0 spiro atoms. The molecule has 1 saturated carbocycles. The molecule has 106 valence electrons. The van der Waals surface area contributed by atoms with Crippen molar-refractivity contribution in [1.29, 1.82) is 0 Å². The summed E-state index contributed by atoms with van der Waals surface area (Å²) in [6.45, 7) is 4.93. The highest BCUT2D eigenvalue weighted by molar-refractivity contribution is 5.07. The van der Waals surface area contributed by atoms with E-state index < -0.39 is 0 Å². The standard InChI is InChI=1S/C16H26N2O/c1-3-12(2)16(19)11-18-15(13-7-8-13)10-14-6-4-5-9-17-14/h4-6,9,12-13,15-16,18-19H,3,7-8,10-11H2,1-2H3. The van der Waals surface area contributed by atoms with Crippen LogP contribution < -0.4 is 5.32 Å². The van der Waals surface area contributed by atoms with Crippen molar-refractivity contribution in [3.8, 4) is 0 Å². The Bertz CT molecular complexity index is 364. The Labute approximate surface area is 116 Å². The molecule has 1 fully saturated rings. The number of nitrogens with one attached hydrogen (secondary N) is 1. The van der Waals surface area contributed by atoms with Crippen molar-refractivity contribution in [2.24, 2.45) is 11.8 Å². The number of hydrogen-bond donors (Lipinski definition) is 2. The van der Waals surface area contributed by atoms with Gasteiger partial charge in [-0.3, -0.25) is 4.98 Å². The van der Waals surface area contributed by atoms with Crippen LogP contribution in [0.2, 0.25) is 0 Å². The van der Waals surface area contributed by atoms with E-state index in [1.807, 2.05) is 18.3 Å². The lowest BCUT2D eigenvalue weighted by molar-refractivity contribution is 0.108. The summed E-state index contributed by atoms with van der Waals surface area (Å²) in [5.74, 6) is 1.13. The monoisotopic (exact) mass is 262 g/mol. The molecule has 19 heavy (non-hydrogen) atoms. The number of rotatable bonds is 8. The third kappa shape index (κ3) is 4.59. The van der Waals surface area contributed by atoms with Gasteiger partial charge in [0.05, 0.1) is 6.10 Å². The van der Waals surface area contributed by atoms with Gasteiger partial charge in [-0.25, -0.2) is 0 Å². The van der Waals surface area contributed by atoms with Gasteiger partial charge in [-0.05, 0) is 36.8 Å². The summed E-state index contributed by atoms with van der Waals surface area (Å²) in [5.41, 5.74) is 1.14. The fourth-order valence-corrected chi connectivity index (χ4v) is 2.39. The molecule has 3 unspecified atom stereocenters. The number of pyridine rings is 1. The summed E-state index contributed by atoms with van der Waals surface area (Å²) in [6, 6.07) is 6.55. The predicted molar refractivity (Wildman–Crippen MR) is 77.9 cm³/mol. The van der Waals surface area contributed by atoms with Gasteiger partial charge in [-0.15, -0.1) is 0 Å². The number of aliphatic hydroxyl groups is 1. The van der Waals surface area contributed by atoms with Crippen molar-refractivity contribution in [2.45, 2.75) is 51.7 Å². The van der Waals surface area contributed by atoms with Crippen LogP contribution in [0.15, 0.2) is 24.4 Å². The van der Waals surface area contributed by atoms with Crippen LogP contribution >= 0.6 is 0 Å². The second-order valence-corrected chi connectivity index (χ2v) is 5.83. The van der Waals surface area contributed by atoms with Crippen molar-refractivity contribution < 1.29 is 5.11 Å². The topological polar surface area (TPSA) is 45.1 Å². The Kier molecular flexibility index (Phi) is 5.34. The highest BCUT2D eigenvalue weighted by Gasteiger charge is 2.31. The quantitative estimate of drug-likeness (QED) is 0.756. The third-order valence-corrected chi connectivity index (χ3v) is 4.24. The summed E-state index contributed by atoms with van der Waals surface area (Å²) >= 11 is 0. The first-order chi connectivity index (χ1) is 9.20. The Hall–Kier alpha value is -0.930. The van der Waals surface area contributed by atoms with Crippen molar-refractivity contribution in [2.75, 3.05) is 6.54 Å². The molecule has 0 radical (unpaired) electrons. The SMILES string of the molecule is CCC(C)C(O)CNC(Cc1ccccn1)C1CC1. The van der Waals surface area contributed by atoms with Crippen LogP contribution in [-0.2, 0) is 6.42 Å². The molecule has 1 aromatic rings. The number of aromatic nitrogens is 1. The maximum Gasteiger partial charge on any atom is 0.0690 e. The zero-order valence-corrected chi connectivity index (χ0v) is 12.0. The summed E-state index contributed by atoms with van der Waals surface area (Å²) in [6.07, 6.45) is 6.23. The van der Waals surface area contributed by atoms with Gasteiger partial charge in [-0.1, -0.05) is 26.3 Å². The van der Waals surface area contributed by atoms with E-state index in [-0.39, 0.29) is 6.10 Å². The first kappa shape index (κ1) is 14.5. The second kappa shape index (κ2) is 7.01. The van der Waals surface area contributed by atoms with Crippen LogP contribution in [-0.4, -0.2) is 28.8 Å². The van der Waals surface area contributed by atoms with Crippen LogP contribution in [0.5, 0.6) is 0 Å². The van der Waals surface area contributed by atoms with E-state index in [1.165, 1.54) is 12.8 Å². The zero-order chi connectivity index (χ0) is 13.7. The van der Waals surface area contributed by atoms with Gasteiger partial charge in [-0.2, -0.15) is 0 Å². The van der Waals surface area contributed by atoms with Crippen LogP contribution in [0.4, 0.5) is 0 Å². The average molecular weight is 262 g/mol. The van der Waals surface area contributed by atoms with E-state index >= 15 is 0 Å². The van der Waals surface area contributed by atoms with Crippen LogP contribution in [0, 0.1) is 11.8 Å². The van der Waals surface area contributed by atoms with Gasteiger partial charge < -0.3 is 10.4 Å². The van der Waals surface area contributed by atoms with Crippen molar-refractivity contribution >= 4 is 0 Å². The number of aliphatic hydroxyl groups excluding tert-OH is 1. The predicted octanol–water partition coefficient (Wildman–Crippen LogP) is 2.40. The van der Waals surface area contributed by atoms with Crippen molar-refractivity contribution in [3.63, 3.8) is 0 Å². The molecule has 3 heteroatoms. The molecule has 3 atom stereocenters. The van der Waals surface area contributed by atoms with Crippen molar-refractivity contribution in [1.82, 2.24) is 10.3 Å². The Morgan fingerprint density at radius 3 is 2.79 bits per heavy atom. The van der Waals surface area contributed by atoms with E-state index in [1.54, 1.807) is 0 Å². The van der Waals surface area contributed by atoms with E-state index in [0.717, 1.165) is 24.5 Å². The Morgan fingerprint density at radius 2 is 2.21 bits per heavy atom. The molecule has 0 saturated heterocycles. The average Bonchev–Trinajstić information content (AvgIpc) is 3.27. The van der Waals surface area contributed by atoms with E-state index in [9.17, 15) is 5.11 Å². The Balaban J connectivity index is 1.83. The van der Waals surface area contributed by atoms with Gasteiger partial charge in [0.1, 0.15) is 0 Å². The fourth-order valence-electron chi connectivity index (χ4n) is 2.39. The van der Waals surface area contributed by atoms with Gasteiger partial charge in [0.2, 0.25) is 0 Å². The third-order valence-electron chi connectivity index (χ3n) is 4.24. The van der Waals surface area contributed by atoms with Crippen LogP contribution in [0.3, 0.4) is 0 Å². The lowest BCUT2D eigenvalue weighted by Gasteiger charge is -2.23. The van der Waals surface area contributed by atoms with E-state index in [2.05, 4.69) is 30.2 Å². The molecular weight excluding hydrogens is 236 g/mol. The number of hydrogen-bond acceptors (Lipinski definition) is 3. The molecule has 0 amide bonds. The van der Waals surface area contributed by atoms with Crippen LogP contribution in [0.1, 0.15) is 38.8 Å². The minimum atomic E-state index is -0.241. The van der Waals surface area contributed by atoms with E-state index in [0.29, 0.717) is 18.5 Å². The normalized spacial score (nSPS) is 19.9. The molecule has 1 aliphatic rings. The zero-order valence-electron chi connectivity index (χ0n) is 12.0. The Morgan fingerprint density at radius 1 is 1.42 bits per heavy atom. The summed E-state index contributed by atoms with van der Waals surface area (Å²) in [5, 5.41) is 13.6. The van der Waals surface area contributed by atoms with E-state index in [4.69, 9.17) is 0 Å². The summed E-state index contributed by atoms with van der Waals surface area (Å²) < 4.78 is 0. The molecule has 0 aromatic carbocycles. The molecule has 1 aliphatic carbocycles. The fraction of sp³-hybridized carbons (Fsp3) is 0.688. The smallest absolute Gasteiger partial charge is 0.0690 e. The first-order valence-electron chi connectivity index (χ1n) is 7.52. The second-order valence-electron chi connectivity index (χ2n) is 5.83. The van der Waals surface area contributed by atoms with Gasteiger partial charge in [0.15, 0.2) is 0 Å². The molecular formula is C16H26N2O. The maximum atomic E-state index is 10.1.